The van der Waals surface area contributed by atoms with Crippen LogP contribution < -0.4 is 10.6 Å². The maximum absolute atomic E-state index is 13.1. The molecule has 2 heterocycles. The summed E-state index contributed by atoms with van der Waals surface area (Å²) in [5.41, 5.74) is 3.30. The van der Waals surface area contributed by atoms with Gasteiger partial charge in [0, 0.05) is 24.7 Å². The molecule has 0 bridgehead atoms. The fourth-order valence-corrected chi connectivity index (χ4v) is 3.44. The molecule has 1 aromatic heterocycles. The standard InChI is InChI=1S/C21H19FN4O2/c1-26-18(13-6-8-14(22)9-7-13)12-23-21(26)25-19(27)11-10-16-15-4-2-3-5-17(15)24-20(16)28/h2-9,12,16H,10-11H2,1H3,(H,24,28)(H,23,25,27). The van der Waals surface area contributed by atoms with Crippen molar-refractivity contribution >= 4 is 23.5 Å². The quantitative estimate of drug-likeness (QED) is 0.711. The molecule has 0 saturated carbocycles. The average Bonchev–Trinajstić information content (AvgIpc) is 3.20. The van der Waals surface area contributed by atoms with Crippen molar-refractivity contribution in [3.63, 3.8) is 0 Å². The summed E-state index contributed by atoms with van der Waals surface area (Å²) in [6.45, 7) is 0. The Kier molecular flexibility index (Phi) is 4.65. The molecule has 1 unspecified atom stereocenters. The molecule has 0 aliphatic carbocycles. The fraction of sp³-hybridized carbons (Fsp3) is 0.190. The van der Waals surface area contributed by atoms with Gasteiger partial charge in [0.15, 0.2) is 0 Å². The summed E-state index contributed by atoms with van der Waals surface area (Å²) in [5.74, 6) is -0.517. The molecule has 4 rings (SSSR count). The van der Waals surface area contributed by atoms with Gasteiger partial charge >= 0.3 is 0 Å². The lowest BCUT2D eigenvalue weighted by Crippen LogP contribution is -2.18. The van der Waals surface area contributed by atoms with Crippen LogP contribution in [-0.2, 0) is 16.6 Å². The third-order valence-corrected chi connectivity index (χ3v) is 4.95. The van der Waals surface area contributed by atoms with Crippen LogP contribution in [0.25, 0.3) is 11.3 Å². The van der Waals surface area contributed by atoms with Crippen molar-refractivity contribution in [3.8, 4) is 11.3 Å². The lowest BCUT2D eigenvalue weighted by Gasteiger charge is -2.10. The molecule has 6 nitrogen and oxygen atoms in total. The van der Waals surface area contributed by atoms with Gasteiger partial charge in [-0.2, -0.15) is 0 Å². The second-order valence-electron chi connectivity index (χ2n) is 6.75. The van der Waals surface area contributed by atoms with E-state index in [2.05, 4.69) is 15.6 Å². The van der Waals surface area contributed by atoms with E-state index in [0.29, 0.717) is 12.4 Å². The summed E-state index contributed by atoms with van der Waals surface area (Å²) < 4.78 is 14.8. The molecule has 1 aliphatic heterocycles. The minimum Gasteiger partial charge on any atom is -0.325 e. The normalized spacial score (nSPS) is 15.2. The minimum absolute atomic E-state index is 0.0791. The molecule has 1 atom stereocenters. The first-order chi connectivity index (χ1) is 13.5. The minimum atomic E-state index is -0.321. The molecule has 7 heteroatoms. The first kappa shape index (κ1) is 17.9. The van der Waals surface area contributed by atoms with Crippen molar-refractivity contribution < 1.29 is 14.0 Å². The van der Waals surface area contributed by atoms with Crippen molar-refractivity contribution in [1.82, 2.24) is 9.55 Å². The maximum Gasteiger partial charge on any atom is 0.232 e. The molecule has 3 aromatic rings. The topological polar surface area (TPSA) is 76.0 Å². The van der Waals surface area contributed by atoms with E-state index in [0.717, 1.165) is 22.5 Å². The predicted molar refractivity (Wildman–Crippen MR) is 104 cm³/mol. The number of rotatable bonds is 5. The van der Waals surface area contributed by atoms with Gasteiger partial charge in [0.1, 0.15) is 5.82 Å². The summed E-state index contributed by atoms with van der Waals surface area (Å²) in [6, 6.07) is 13.6. The molecule has 0 saturated heterocycles. The van der Waals surface area contributed by atoms with Crippen LogP contribution in [0.1, 0.15) is 24.3 Å². The predicted octanol–water partition coefficient (Wildman–Crippen LogP) is 3.68. The highest BCUT2D eigenvalue weighted by Gasteiger charge is 2.30. The van der Waals surface area contributed by atoms with Crippen molar-refractivity contribution in [2.45, 2.75) is 18.8 Å². The molecule has 2 aromatic carbocycles. The van der Waals surface area contributed by atoms with Crippen molar-refractivity contribution in [3.05, 3.63) is 66.1 Å². The molecule has 0 fully saturated rings. The molecule has 2 N–H and O–H groups in total. The third kappa shape index (κ3) is 3.38. The van der Waals surface area contributed by atoms with E-state index >= 15 is 0 Å². The largest absolute Gasteiger partial charge is 0.325 e. The van der Waals surface area contributed by atoms with E-state index in [4.69, 9.17) is 0 Å². The Balaban J connectivity index is 1.41. The number of nitrogens with zero attached hydrogens (tertiary/aromatic N) is 2. The van der Waals surface area contributed by atoms with Crippen LogP contribution in [0.15, 0.2) is 54.7 Å². The Morgan fingerprint density at radius 3 is 2.75 bits per heavy atom. The fourth-order valence-electron chi connectivity index (χ4n) is 3.44. The van der Waals surface area contributed by atoms with Crippen LogP contribution >= 0.6 is 0 Å². The lowest BCUT2D eigenvalue weighted by molar-refractivity contribution is -0.118. The molecule has 0 spiro atoms. The number of imidazole rings is 1. The number of hydrogen-bond donors (Lipinski definition) is 2. The Morgan fingerprint density at radius 2 is 1.96 bits per heavy atom. The van der Waals surface area contributed by atoms with Gasteiger partial charge in [0.05, 0.1) is 17.8 Å². The van der Waals surface area contributed by atoms with Gasteiger partial charge in [0.2, 0.25) is 17.8 Å². The Labute approximate surface area is 161 Å². The van der Waals surface area contributed by atoms with E-state index < -0.39 is 0 Å². The molecule has 28 heavy (non-hydrogen) atoms. The number of carbonyl (C=O) groups excluding carboxylic acids is 2. The van der Waals surface area contributed by atoms with Gasteiger partial charge in [-0.15, -0.1) is 0 Å². The second-order valence-corrected chi connectivity index (χ2v) is 6.75. The lowest BCUT2D eigenvalue weighted by atomic mass is 9.95. The second kappa shape index (κ2) is 7.26. The number of amides is 2. The Morgan fingerprint density at radius 1 is 1.21 bits per heavy atom. The van der Waals surface area contributed by atoms with Crippen LogP contribution in [0, 0.1) is 5.82 Å². The van der Waals surface area contributed by atoms with Crippen molar-refractivity contribution in [2.24, 2.45) is 7.05 Å². The van der Waals surface area contributed by atoms with Crippen LogP contribution in [0.3, 0.4) is 0 Å². The van der Waals surface area contributed by atoms with Gasteiger partial charge < -0.3 is 9.88 Å². The van der Waals surface area contributed by atoms with Gasteiger partial charge in [-0.3, -0.25) is 14.9 Å². The number of hydrogen-bond acceptors (Lipinski definition) is 3. The summed E-state index contributed by atoms with van der Waals surface area (Å²) in [5, 5.41) is 5.62. The van der Waals surface area contributed by atoms with Crippen molar-refractivity contribution in [2.75, 3.05) is 10.6 Å². The highest BCUT2D eigenvalue weighted by Crippen LogP contribution is 2.35. The Bertz CT molecular complexity index is 1040. The molecule has 1 aliphatic rings. The van der Waals surface area contributed by atoms with Gasteiger partial charge in [0.25, 0.3) is 0 Å². The van der Waals surface area contributed by atoms with E-state index in [1.807, 2.05) is 24.3 Å². The van der Waals surface area contributed by atoms with Gasteiger partial charge in [-0.05, 0) is 42.3 Å². The zero-order valence-electron chi connectivity index (χ0n) is 15.3. The SMILES string of the molecule is Cn1c(-c2ccc(F)cc2)cnc1NC(=O)CCC1C(=O)Nc2ccccc21. The molecule has 2 amide bonds. The van der Waals surface area contributed by atoms with E-state index in [1.165, 1.54) is 12.1 Å². The number of halogens is 1. The van der Waals surface area contributed by atoms with E-state index in [9.17, 15) is 14.0 Å². The number of benzene rings is 2. The highest BCUT2D eigenvalue weighted by molar-refractivity contribution is 6.03. The summed E-state index contributed by atoms with van der Waals surface area (Å²) in [7, 11) is 1.78. The first-order valence-corrected chi connectivity index (χ1v) is 9.00. The zero-order valence-corrected chi connectivity index (χ0v) is 15.3. The van der Waals surface area contributed by atoms with Crippen LogP contribution in [0.4, 0.5) is 16.0 Å². The van der Waals surface area contributed by atoms with Gasteiger partial charge in [-0.25, -0.2) is 9.37 Å². The number of para-hydroxylation sites is 1. The van der Waals surface area contributed by atoms with E-state index in [-0.39, 0.29) is 30.0 Å². The maximum atomic E-state index is 13.1. The number of anilines is 2. The third-order valence-electron chi connectivity index (χ3n) is 4.95. The van der Waals surface area contributed by atoms with Crippen LogP contribution in [-0.4, -0.2) is 21.4 Å². The number of nitrogens with one attached hydrogen (secondary N) is 2. The Hall–Kier alpha value is -3.48. The van der Waals surface area contributed by atoms with Gasteiger partial charge in [-0.1, -0.05) is 18.2 Å². The molecular formula is C21H19FN4O2. The number of fused-ring (bicyclic) bond motifs is 1. The molecule has 0 radical (unpaired) electrons. The van der Waals surface area contributed by atoms with Crippen LogP contribution in [0.2, 0.25) is 0 Å². The highest BCUT2D eigenvalue weighted by atomic mass is 19.1. The smallest absolute Gasteiger partial charge is 0.232 e. The molecule has 142 valence electrons. The van der Waals surface area contributed by atoms with E-state index in [1.54, 1.807) is 29.9 Å². The summed E-state index contributed by atoms with van der Waals surface area (Å²) in [6.07, 6.45) is 2.25. The summed E-state index contributed by atoms with van der Waals surface area (Å²) >= 11 is 0. The van der Waals surface area contributed by atoms with Crippen molar-refractivity contribution in [1.29, 1.82) is 0 Å². The zero-order chi connectivity index (χ0) is 19.7. The monoisotopic (exact) mass is 378 g/mol. The summed E-state index contributed by atoms with van der Waals surface area (Å²) in [4.78, 5) is 28.8. The molecular weight excluding hydrogens is 359 g/mol. The first-order valence-electron chi connectivity index (χ1n) is 9.00. The number of carbonyl (C=O) groups is 2. The average molecular weight is 378 g/mol. The van der Waals surface area contributed by atoms with Crippen LogP contribution in [0.5, 0.6) is 0 Å². The number of aromatic nitrogens is 2.